The highest BCUT2D eigenvalue weighted by Crippen LogP contribution is 2.30. The van der Waals surface area contributed by atoms with E-state index in [9.17, 15) is 23.3 Å². The fourth-order valence-corrected chi connectivity index (χ4v) is 4.49. The maximum absolute atomic E-state index is 13.5. The first kappa shape index (κ1) is 24.7. The molecule has 0 aliphatic rings. The molecule has 0 aliphatic carbocycles. The van der Waals surface area contributed by atoms with Gasteiger partial charge < -0.3 is 4.98 Å². The smallest absolute Gasteiger partial charge is 0.302 e. The van der Waals surface area contributed by atoms with Crippen molar-refractivity contribution < 1.29 is 17.9 Å². The fourth-order valence-electron chi connectivity index (χ4n) is 4.01. The van der Waals surface area contributed by atoms with Crippen molar-refractivity contribution in [1.29, 1.82) is 0 Å². The average molecular weight is 558 g/mol. The molecule has 40 heavy (non-hydrogen) atoms. The van der Waals surface area contributed by atoms with E-state index in [1.54, 1.807) is 0 Å². The van der Waals surface area contributed by atoms with Crippen LogP contribution >= 0.6 is 0 Å². The van der Waals surface area contributed by atoms with Gasteiger partial charge in [0.25, 0.3) is 21.8 Å². The van der Waals surface area contributed by atoms with E-state index < -0.39 is 20.6 Å². The first-order valence-electron chi connectivity index (χ1n) is 11.4. The minimum absolute atomic E-state index is 0.0915. The first-order valence-corrected chi connectivity index (χ1v) is 12.8. The van der Waals surface area contributed by atoms with E-state index in [-0.39, 0.29) is 33.6 Å². The molecule has 0 unspecified atom stereocenters. The lowest BCUT2D eigenvalue weighted by molar-refractivity contribution is -0.384. The quantitative estimate of drug-likeness (QED) is 0.115. The van der Waals surface area contributed by atoms with Crippen LogP contribution in [0, 0.1) is 10.1 Å². The van der Waals surface area contributed by atoms with Crippen molar-refractivity contribution in [2.24, 2.45) is 10.2 Å². The van der Waals surface area contributed by atoms with Gasteiger partial charge in [0.15, 0.2) is 11.3 Å². The van der Waals surface area contributed by atoms with Crippen molar-refractivity contribution in [3.63, 3.8) is 0 Å². The number of hydrogen-bond acceptors (Lipinski definition) is 10. The lowest BCUT2D eigenvalue weighted by Crippen LogP contribution is -2.17. The number of rotatable bonds is 6. The normalized spacial score (nSPS) is 12.0. The summed E-state index contributed by atoms with van der Waals surface area (Å²) in [5.41, 5.74) is 1.43. The molecule has 0 radical (unpaired) electrons. The van der Waals surface area contributed by atoms with Gasteiger partial charge in [0, 0.05) is 28.6 Å². The summed E-state index contributed by atoms with van der Waals surface area (Å²) in [4.78, 5) is 31.3. The van der Waals surface area contributed by atoms with Crippen molar-refractivity contribution in [2.45, 2.75) is 4.90 Å². The number of nitrogens with zero attached hydrogens (tertiary/aromatic N) is 7. The van der Waals surface area contributed by atoms with Crippen LogP contribution in [-0.2, 0) is 10.1 Å². The summed E-state index contributed by atoms with van der Waals surface area (Å²) in [6.45, 7) is 0. The summed E-state index contributed by atoms with van der Waals surface area (Å²) >= 11 is 0. The number of fused-ring (bicyclic) bond motifs is 3. The number of non-ortho nitro benzene ring substituents is 1. The van der Waals surface area contributed by atoms with Gasteiger partial charge >= 0.3 is 5.56 Å². The summed E-state index contributed by atoms with van der Waals surface area (Å²) in [7, 11) is -4.40. The number of azo groups is 1. The van der Waals surface area contributed by atoms with E-state index in [1.165, 1.54) is 36.4 Å². The molecule has 0 atom stereocenters. The third kappa shape index (κ3) is 4.38. The van der Waals surface area contributed by atoms with Gasteiger partial charge in [-0.1, -0.05) is 18.2 Å². The van der Waals surface area contributed by atoms with Gasteiger partial charge in [-0.05, 0) is 42.5 Å². The number of H-pyrrole nitrogens is 2. The molecule has 0 fully saturated rings. The van der Waals surface area contributed by atoms with Crippen LogP contribution in [0.1, 0.15) is 0 Å². The Morgan fingerprint density at radius 1 is 0.950 bits per heavy atom. The second-order valence-corrected chi connectivity index (χ2v) is 9.85. The Hall–Kier alpha value is -5.61. The topological polar surface area (TPSA) is 214 Å². The van der Waals surface area contributed by atoms with Gasteiger partial charge in [0.2, 0.25) is 0 Å². The maximum atomic E-state index is 13.5. The molecular formula is C24H15N9O6S. The molecule has 3 N–H and O–H groups in total. The molecule has 6 rings (SSSR count). The van der Waals surface area contributed by atoms with Crippen molar-refractivity contribution in [3.05, 3.63) is 93.3 Å². The molecule has 16 heteroatoms. The number of hydrogen-bond donors (Lipinski definition) is 3. The van der Waals surface area contributed by atoms with E-state index in [1.807, 2.05) is 24.3 Å². The largest absolute Gasteiger partial charge is 0.338 e. The summed E-state index contributed by atoms with van der Waals surface area (Å²) in [6.07, 6.45) is 0. The molecule has 0 spiro atoms. The standard InChI is InChI=1S/C24H15N9O6S/c34-23-21(29-27-14-7-11-16(12-8-14)40(37,38)39)19(13-5-9-15(10-6-13)33(35)36)31-32(23)24-26-22-20(28-30-24)17-3-1-2-4-18(17)25-22/h1-12,31H,(H,25,26,30)(H,37,38,39). The highest BCUT2D eigenvalue weighted by Gasteiger charge is 2.21. The van der Waals surface area contributed by atoms with E-state index in [0.717, 1.165) is 27.7 Å². The van der Waals surface area contributed by atoms with Gasteiger partial charge in [-0.3, -0.25) is 24.6 Å². The number of nitro benzene ring substituents is 1. The number of benzene rings is 3. The third-order valence-electron chi connectivity index (χ3n) is 5.94. The zero-order chi connectivity index (χ0) is 28.0. The van der Waals surface area contributed by atoms with Crippen LogP contribution in [0.4, 0.5) is 17.1 Å². The van der Waals surface area contributed by atoms with Crippen LogP contribution < -0.4 is 5.56 Å². The van der Waals surface area contributed by atoms with Crippen LogP contribution in [0.25, 0.3) is 39.3 Å². The van der Waals surface area contributed by atoms with Crippen LogP contribution in [0.5, 0.6) is 0 Å². The van der Waals surface area contributed by atoms with Crippen molar-refractivity contribution in [3.8, 4) is 17.2 Å². The summed E-state index contributed by atoms with van der Waals surface area (Å²) in [5.74, 6) is -0.0915. The molecule has 0 saturated carbocycles. The predicted molar refractivity (Wildman–Crippen MR) is 142 cm³/mol. The Morgan fingerprint density at radius 3 is 2.38 bits per heavy atom. The van der Waals surface area contributed by atoms with Crippen LogP contribution in [0.2, 0.25) is 0 Å². The zero-order valence-electron chi connectivity index (χ0n) is 20.0. The van der Waals surface area contributed by atoms with Crippen molar-refractivity contribution in [2.75, 3.05) is 0 Å². The Labute approximate surface area is 222 Å². The van der Waals surface area contributed by atoms with Crippen LogP contribution in [0.3, 0.4) is 0 Å². The molecule has 0 aliphatic heterocycles. The SMILES string of the molecule is O=c1c(N=Nc2ccc(S(=O)(=O)O)cc2)c(-c2ccc([N+](=O)[O-])cc2)[nH]n1-c1nnc2c(n1)[nH]c1ccccc12. The molecule has 0 saturated heterocycles. The lowest BCUT2D eigenvalue weighted by atomic mass is 10.1. The molecule has 3 aromatic carbocycles. The summed E-state index contributed by atoms with van der Waals surface area (Å²) in [6, 6.07) is 17.7. The average Bonchev–Trinajstić information content (AvgIpc) is 3.48. The Balaban J connectivity index is 1.47. The molecule has 198 valence electrons. The molecule has 15 nitrogen and oxygen atoms in total. The summed E-state index contributed by atoms with van der Waals surface area (Å²) < 4.78 is 32.8. The number of nitrogens with one attached hydrogen (secondary N) is 2. The van der Waals surface area contributed by atoms with Crippen LogP contribution in [0.15, 0.2) is 92.7 Å². The molecule has 6 aromatic rings. The lowest BCUT2D eigenvalue weighted by Gasteiger charge is -2.00. The van der Waals surface area contributed by atoms with E-state index >= 15 is 0 Å². The predicted octanol–water partition coefficient (Wildman–Crippen LogP) is 4.22. The molecular weight excluding hydrogens is 542 g/mol. The molecule has 3 aromatic heterocycles. The Bertz CT molecular complexity index is 2130. The highest BCUT2D eigenvalue weighted by molar-refractivity contribution is 7.85. The van der Waals surface area contributed by atoms with E-state index in [4.69, 9.17) is 4.55 Å². The number of nitro groups is 1. The minimum Gasteiger partial charge on any atom is -0.338 e. The number of aromatic amines is 2. The fraction of sp³-hybridized carbons (Fsp3) is 0. The van der Waals surface area contributed by atoms with E-state index in [0.29, 0.717) is 16.7 Å². The van der Waals surface area contributed by atoms with Crippen molar-refractivity contribution >= 4 is 49.2 Å². The van der Waals surface area contributed by atoms with Gasteiger partial charge in [0.1, 0.15) is 5.52 Å². The Morgan fingerprint density at radius 2 is 1.68 bits per heavy atom. The number of para-hydroxylation sites is 1. The van der Waals surface area contributed by atoms with Gasteiger partial charge in [-0.15, -0.1) is 15.3 Å². The Kier molecular flexibility index (Phi) is 5.74. The highest BCUT2D eigenvalue weighted by atomic mass is 32.2. The molecule has 3 heterocycles. The van der Waals surface area contributed by atoms with Gasteiger partial charge in [0.05, 0.1) is 21.2 Å². The first-order chi connectivity index (χ1) is 19.2. The third-order valence-corrected chi connectivity index (χ3v) is 6.81. The van der Waals surface area contributed by atoms with E-state index in [2.05, 4.69) is 35.5 Å². The summed E-state index contributed by atoms with van der Waals surface area (Å²) in [5, 5.41) is 31.2. The minimum atomic E-state index is -4.40. The van der Waals surface area contributed by atoms with Crippen molar-refractivity contribution in [1.82, 2.24) is 29.9 Å². The number of aromatic nitrogens is 6. The maximum Gasteiger partial charge on any atom is 0.302 e. The van der Waals surface area contributed by atoms with Gasteiger partial charge in [-0.25, -0.2) is 0 Å². The molecule has 0 amide bonds. The zero-order valence-corrected chi connectivity index (χ0v) is 20.8. The van der Waals surface area contributed by atoms with Gasteiger partial charge in [-0.2, -0.15) is 23.2 Å². The molecule has 0 bridgehead atoms. The monoisotopic (exact) mass is 557 g/mol. The van der Waals surface area contributed by atoms with Crippen LogP contribution in [-0.4, -0.2) is 47.8 Å². The second kappa shape index (κ2) is 9.29. The second-order valence-electron chi connectivity index (χ2n) is 8.43.